The number of carboxylic acid groups (broad SMARTS) is 1. The average Bonchev–Trinajstić information content (AvgIpc) is 2.42. The first kappa shape index (κ1) is 14.6. The Morgan fingerprint density at radius 1 is 1.32 bits per heavy atom. The van der Waals surface area contributed by atoms with Crippen LogP contribution in [0.2, 0.25) is 0 Å². The fourth-order valence-electron chi connectivity index (χ4n) is 1.26. The van der Waals surface area contributed by atoms with Crippen LogP contribution >= 0.6 is 0 Å². The molecule has 1 aromatic carbocycles. The average molecular weight is 266 g/mol. The number of ether oxygens (including phenoxy) is 3. The molecule has 0 spiro atoms. The van der Waals surface area contributed by atoms with Gasteiger partial charge in [0, 0.05) is 17.7 Å². The summed E-state index contributed by atoms with van der Waals surface area (Å²) in [5.41, 5.74) is 0.520. The van der Waals surface area contributed by atoms with Crippen LogP contribution in [0.25, 0.3) is 6.08 Å². The minimum atomic E-state index is -1.07. The Balaban J connectivity index is 2.95. The maximum atomic E-state index is 11.0. The molecule has 0 aliphatic rings. The minimum Gasteiger partial charge on any atom is -0.497 e. The molecule has 0 aliphatic heterocycles. The van der Waals surface area contributed by atoms with Crippen molar-refractivity contribution in [3.8, 4) is 11.5 Å². The third-order valence-electron chi connectivity index (χ3n) is 2.20. The fourth-order valence-corrected chi connectivity index (χ4v) is 1.26. The molecule has 1 N–H and O–H groups in total. The summed E-state index contributed by atoms with van der Waals surface area (Å²) in [6, 6.07) is 4.85. The second-order valence-electron chi connectivity index (χ2n) is 3.44. The highest BCUT2D eigenvalue weighted by atomic mass is 16.6. The van der Waals surface area contributed by atoms with Crippen LogP contribution in [0, 0.1) is 0 Å². The molecular formula is C13H14O6. The van der Waals surface area contributed by atoms with Crippen LogP contribution in [-0.2, 0) is 14.3 Å². The molecule has 0 bridgehead atoms. The van der Waals surface area contributed by atoms with E-state index in [1.807, 2.05) is 0 Å². The zero-order valence-corrected chi connectivity index (χ0v) is 10.6. The molecule has 0 saturated heterocycles. The van der Waals surface area contributed by atoms with Gasteiger partial charge in [0.15, 0.2) is 6.61 Å². The van der Waals surface area contributed by atoms with Gasteiger partial charge in [-0.2, -0.15) is 0 Å². The predicted molar refractivity (Wildman–Crippen MR) is 67.2 cm³/mol. The van der Waals surface area contributed by atoms with Crippen LogP contribution in [0.4, 0.5) is 0 Å². The van der Waals surface area contributed by atoms with Crippen LogP contribution in [0.3, 0.4) is 0 Å². The maximum absolute atomic E-state index is 11.0. The standard InChI is InChI=1S/C13H14O6/c1-17-10-5-3-9(4-6-12(14)15)11(7-10)19-8-13(16)18-2/h3-7H,8H2,1-2H3,(H,14,15). The Morgan fingerprint density at radius 2 is 2.05 bits per heavy atom. The van der Waals surface area contributed by atoms with Crippen molar-refractivity contribution in [2.24, 2.45) is 0 Å². The number of hydrogen-bond donors (Lipinski definition) is 1. The van der Waals surface area contributed by atoms with Crippen LogP contribution in [0.5, 0.6) is 11.5 Å². The lowest BCUT2D eigenvalue weighted by atomic mass is 10.1. The minimum absolute atomic E-state index is 0.266. The molecule has 0 saturated carbocycles. The van der Waals surface area contributed by atoms with Crippen molar-refractivity contribution in [3.63, 3.8) is 0 Å². The number of hydrogen-bond acceptors (Lipinski definition) is 5. The molecule has 1 aromatic rings. The van der Waals surface area contributed by atoms with Gasteiger partial charge in [-0.3, -0.25) is 0 Å². The first-order chi connectivity index (χ1) is 9.06. The summed E-state index contributed by atoms with van der Waals surface area (Å²) >= 11 is 0. The molecule has 6 heteroatoms. The molecule has 1 rings (SSSR count). The lowest BCUT2D eigenvalue weighted by Crippen LogP contribution is -2.13. The Labute approximate surface area is 110 Å². The second-order valence-corrected chi connectivity index (χ2v) is 3.44. The topological polar surface area (TPSA) is 82.1 Å². The van der Waals surface area contributed by atoms with E-state index in [1.165, 1.54) is 20.3 Å². The molecule has 0 radical (unpaired) electrons. The van der Waals surface area contributed by atoms with Crippen LogP contribution in [0.15, 0.2) is 24.3 Å². The van der Waals surface area contributed by atoms with Gasteiger partial charge >= 0.3 is 11.9 Å². The van der Waals surface area contributed by atoms with E-state index in [2.05, 4.69) is 4.74 Å². The number of aliphatic carboxylic acids is 1. The number of carboxylic acids is 1. The monoisotopic (exact) mass is 266 g/mol. The molecule has 0 aromatic heterocycles. The number of carbonyl (C=O) groups is 2. The van der Waals surface area contributed by atoms with Crippen LogP contribution in [-0.4, -0.2) is 37.9 Å². The van der Waals surface area contributed by atoms with E-state index in [0.29, 0.717) is 17.1 Å². The predicted octanol–water partition coefficient (Wildman–Crippen LogP) is 1.34. The van der Waals surface area contributed by atoms with Crippen molar-refractivity contribution in [2.45, 2.75) is 0 Å². The normalized spacial score (nSPS) is 10.2. The van der Waals surface area contributed by atoms with Gasteiger partial charge in [0.25, 0.3) is 0 Å². The van der Waals surface area contributed by atoms with E-state index in [1.54, 1.807) is 18.2 Å². The smallest absolute Gasteiger partial charge is 0.343 e. The summed E-state index contributed by atoms with van der Waals surface area (Å²) in [4.78, 5) is 21.5. The van der Waals surface area contributed by atoms with Crippen molar-refractivity contribution in [3.05, 3.63) is 29.8 Å². The number of carbonyl (C=O) groups excluding carboxylic acids is 1. The van der Waals surface area contributed by atoms with Crippen molar-refractivity contribution >= 4 is 18.0 Å². The van der Waals surface area contributed by atoms with Gasteiger partial charge in [-0.15, -0.1) is 0 Å². The van der Waals surface area contributed by atoms with Crippen molar-refractivity contribution in [1.82, 2.24) is 0 Å². The zero-order valence-electron chi connectivity index (χ0n) is 10.6. The Kier molecular flexibility index (Phi) is 5.40. The largest absolute Gasteiger partial charge is 0.497 e. The van der Waals surface area contributed by atoms with Gasteiger partial charge in [-0.25, -0.2) is 9.59 Å². The van der Waals surface area contributed by atoms with Crippen molar-refractivity contribution in [1.29, 1.82) is 0 Å². The SMILES string of the molecule is COC(=O)COc1cc(OC)ccc1C=CC(=O)O. The maximum Gasteiger partial charge on any atom is 0.343 e. The molecule has 6 nitrogen and oxygen atoms in total. The summed E-state index contributed by atoms with van der Waals surface area (Å²) in [6.07, 6.45) is 2.35. The summed E-state index contributed by atoms with van der Waals surface area (Å²) in [5.74, 6) is -0.736. The third kappa shape index (κ3) is 4.71. The van der Waals surface area contributed by atoms with Gasteiger partial charge in [0.2, 0.25) is 0 Å². The second kappa shape index (κ2) is 7.05. The summed E-state index contributed by atoms with van der Waals surface area (Å²) in [5, 5.41) is 8.60. The molecular weight excluding hydrogens is 252 g/mol. The quantitative estimate of drug-likeness (QED) is 0.618. The molecule has 19 heavy (non-hydrogen) atoms. The van der Waals surface area contributed by atoms with Crippen LogP contribution < -0.4 is 9.47 Å². The van der Waals surface area contributed by atoms with Gasteiger partial charge in [0.1, 0.15) is 11.5 Å². The van der Waals surface area contributed by atoms with E-state index in [0.717, 1.165) is 6.08 Å². The van der Waals surface area contributed by atoms with Gasteiger partial charge in [0.05, 0.1) is 14.2 Å². The summed E-state index contributed by atoms with van der Waals surface area (Å²) in [6.45, 7) is -0.266. The molecule has 0 aliphatic carbocycles. The highest BCUT2D eigenvalue weighted by Crippen LogP contribution is 2.26. The van der Waals surface area contributed by atoms with Gasteiger partial charge < -0.3 is 19.3 Å². The lowest BCUT2D eigenvalue weighted by Gasteiger charge is -2.10. The summed E-state index contributed by atoms with van der Waals surface area (Å²) < 4.78 is 14.8. The first-order valence-corrected chi connectivity index (χ1v) is 5.35. The molecule has 0 atom stereocenters. The lowest BCUT2D eigenvalue weighted by molar-refractivity contribution is -0.143. The number of esters is 1. The van der Waals surface area contributed by atoms with Gasteiger partial charge in [-0.1, -0.05) is 0 Å². The molecule has 0 unspecified atom stereocenters. The number of rotatable bonds is 6. The Morgan fingerprint density at radius 3 is 2.63 bits per heavy atom. The Bertz CT molecular complexity index is 492. The van der Waals surface area contributed by atoms with Crippen LogP contribution in [0.1, 0.15) is 5.56 Å². The highest BCUT2D eigenvalue weighted by molar-refractivity contribution is 5.86. The number of methoxy groups -OCH3 is 2. The van der Waals surface area contributed by atoms with E-state index < -0.39 is 11.9 Å². The van der Waals surface area contributed by atoms with E-state index in [4.69, 9.17) is 14.6 Å². The Hall–Kier alpha value is -2.50. The molecule has 0 amide bonds. The van der Waals surface area contributed by atoms with E-state index in [9.17, 15) is 9.59 Å². The molecule has 102 valence electrons. The third-order valence-corrected chi connectivity index (χ3v) is 2.20. The molecule has 0 fully saturated rings. The number of benzene rings is 1. The summed E-state index contributed by atoms with van der Waals surface area (Å²) in [7, 11) is 2.74. The van der Waals surface area contributed by atoms with E-state index >= 15 is 0 Å². The molecule has 0 heterocycles. The zero-order chi connectivity index (χ0) is 14.3. The van der Waals surface area contributed by atoms with Gasteiger partial charge in [-0.05, 0) is 18.2 Å². The van der Waals surface area contributed by atoms with Crippen molar-refractivity contribution < 1.29 is 28.9 Å². The highest BCUT2D eigenvalue weighted by Gasteiger charge is 2.07. The van der Waals surface area contributed by atoms with Crippen molar-refractivity contribution in [2.75, 3.05) is 20.8 Å². The first-order valence-electron chi connectivity index (χ1n) is 5.35. The fraction of sp³-hybridized carbons (Fsp3) is 0.231. The van der Waals surface area contributed by atoms with E-state index in [-0.39, 0.29) is 6.61 Å².